The maximum absolute atomic E-state index is 5.90. The van der Waals surface area contributed by atoms with E-state index in [9.17, 15) is 0 Å². The molecular weight excluding hydrogens is 354 g/mol. The molecule has 0 saturated heterocycles. The van der Waals surface area contributed by atoms with Gasteiger partial charge in [0.05, 0.1) is 12.3 Å². The van der Waals surface area contributed by atoms with Gasteiger partial charge in [0.2, 0.25) is 0 Å². The van der Waals surface area contributed by atoms with Crippen molar-refractivity contribution in [2.24, 2.45) is 5.92 Å². The molecule has 0 spiro atoms. The van der Waals surface area contributed by atoms with Gasteiger partial charge in [0.1, 0.15) is 5.75 Å². The van der Waals surface area contributed by atoms with Crippen LogP contribution in [0.5, 0.6) is 5.75 Å². The van der Waals surface area contributed by atoms with E-state index in [0.717, 1.165) is 42.4 Å². The van der Waals surface area contributed by atoms with Gasteiger partial charge < -0.3 is 4.74 Å². The van der Waals surface area contributed by atoms with Crippen molar-refractivity contribution in [1.29, 1.82) is 0 Å². The summed E-state index contributed by atoms with van der Waals surface area (Å²) in [4.78, 5) is 4.67. The van der Waals surface area contributed by atoms with Gasteiger partial charge in [-0.3, -0.25) is 4.98 Å². The normalized spacial score (nSPS) is 12.1. The minimum absolute atomic E-state index is 0.811. The van der Waals surface area contributed by atoms with Gasteiger partial charge in [-0.15, -0.1) is 0 Å². The number of hydrogen-bond acceptors (Lipinski definition) is 2. The third kappa shape index (κ3) is 9.47. The standard InChI is InChI=1S/C27H41NO/c1-4-6-7-8-11-14-24-15-20-27(28-22-24)25-16-18-26(19-17-25)29-21-12-9-10-13-23(3)5-2/h15-20,22-23H,4-14,21H2,1-3H3. The van der Waals surface area contributed by atoms with Crippen LogP contribution < -0.4 is 4.74 Å². The number of hydrogen-bond donors (Lipinski definition) is 0. The summed E-state index contributed by atoms with van der Waals surface area (Å²) < 4.78 is 5.90. The molecule has 1 heterocycles. The molecule has 1 aromatic heterocycles. The van der Waals surface area contributed by atoms with Crippen LogP contribution in [0.4, 0.5) is 0 Å². The SMILES string of the molecule is CCCCCCCc1ccc(-c2ccc(OCCCCCC(C)CC)cc2)nc1. The number of rotatable bonds is 15. The summed E-state index contributed by atoms with van der Waals surface area (Å²) in [5, 5.41) is 0. The van der Waals surface area contributed by atoms with Crippen LogP contribution in [0.25, 0.3) is 11.3 Å². The smallest absolute Gasteiger partial charge is 0.119 e. The highest BCUT2D eigenvalue weighted by Gasteiger charge is 2.02. The first-order valence-electron chi connectivity index (χ1n) is 11.9. The van der Waals surface area contributed by atoms with Crippen LogP contribution in [0, 0.1) is 5.92 Å². The van der Waals surface area contributed by atoms with Gasteiger partial charge in [-0.05, 0) is 61.1 Å². The highest BCUT2D eigenvalue weighted by Crippen LogP contribution is 2.22. The second-order valence-corrected chi connectivity index (χ2v) is 8.45. The van der Waals surface area contributed by atoms with Crippen molar-refractivity contribution in [1.82, 2.24) is 4.98 Å². The maximum Gasteiger partial charge on any atom is 0.119 e. The maximum atomic E-state index is 5.90. The van der Waals surface area contributed by atoms with Gasteiger partial charge in [-0.2, -0.15) is 0 Å². The molecule has 0 fully saturated rings. The zero-order valence-corrected chi connectivity index (χ0v) is 19.0. The second-order valence-electron chi connectivity index (χ2n) is 8.45. The van der Waals surface area contributed by atoms with Crippen molar-refractivity contribution in [3.63, 3.8) is 0 Å². The van der Waals surface area contributed by atoms with Crippen molar-refractivity contribution < 1.29 is 4.74 Å². The number of benzene rings is 1. The highest BCUT2D eigenvalue weighted by atomic mass is 16.5. The van der Waals surface area contributed by atoms with Gasteiger partial charge in [0, 0.05) is 11.8 Å². The van der Waals surface area contributed by atoms with Gasteiger partial charge in [-0.1, -0.05) is 78.2 Å². The van der Waals surface area contributed by atoms with E-state index in [0.29, 0.717) is 0 Å². The average Bonchev–Trinajstić information content (AvgIpc) is 2.76. The number of unbranched alkanes of at least 4 members (excludes halogenated alkanes) is 6. The van der Waals surface area contributed by atoms with Gasteiger partial charge in [-0.25, -0.2) is 0 Å². The fourth-order valence-electron chi connectivity index (χ4n) is 3.56. The molecule has 0 bridgehead atoms. The monoisotopic (exact) mass is 395 g/mol. The predicted octanol–water partition coefficient (Wildman–Crippen LogP) is 8.25. The first-order chi connectivity index (χ1) is 14.2. The molecule has 160 valence electrons. The Bertz CT molecular complexity index is 647. The van der Waals surface area contributed by atoms with Crippen molar-refractivity contribution >= 4 is 0 Å². The van der Waals surface area contributed by atoms with E-state index in [-0.39, 0.29) is 0 Å². The minimum atomic E-state index is 0.811. The van der Waals surface area contributed by atoms with Crippen molar-refractivity contribution in [2.45, 2.75) is 91.4 Å². The molecule has 29 heavy (non-hydrogen) atoms. The Hall–Kier alpha value is -1.83. The fraction of sp³-hybridized carbons (Fsp3) is 0.593. The third-order valence-electron chi connectivity index (χ3n) is 5.85. The molecule has 1 atom stereocenters. The van der Waals surface area contributed by atoms with E-state index in [2.05, 4.69) is 62.2 Å². The van der Waals surface area contributed by atoms with E-state index < -0.39 is 0 Å². The van der Waals surface area contributed by atoms with E-state index in [4.69, 9.17) is 4.74 Å². The quantitative estimate of drug-likeness (QED) is 0.283. The van der Waals surface area contributed by atoms with Crippen molar-refractivity contribution in [2.75, 3.05) is 6.61 Å². The Morgan fingerprint density at radius 2 is 1.59 bits per heavy atom. The first-order valence-corrected chi connectivity index (χ1v) is 11.9. The van der Waals surface area contributed by atoms with Crippen molar-refractivity contribution in [3.05, 3.63) is 48.2 Å². The first kappa shape index (κ1) is 23.4. The van der Waals surface area contributed by atoms with Gasteiger partial charge in [0.15, 0.2) is 0 Å². The summed E-state index contributed by atoms with van der Waals surface area (Å²) in [5.41, 5.74) is 3.54. The van der Waals surface area contributed by atoms with Crippen LogP contribution in [-0.2, 0) is 6.42 Å². The van der Waals surface area contributed by atoms with Crippen LogP contribution in [-0.4, -0.2) is 11.6 Å². The molecule has 1 aromatic carbocycles. The molecule has 2 aromatic rings. The number of ether oxygens (including phenoxy) is 1. The summed E-state index contributed by atoms with van der Waals surface area (Å²) in [6, 6.07) is 12.7. The van der Waals surface area contributed by atoms with Crippen LogP contribution in [0.15, 0.2) is 42.6 Å². The Balaban J connectivity index is 1.69. The number of nitrogens with zero attached hydrogens (tertiary/aromatic N) is 1. The van der Waals surface area contributed by atoms with Crippen LogP contribution >= 0.6 is 0 Å². The number of aryl methyl sites for hydroxylation is 1. The molecule has 0 aliphatic carbocycles. The molecule has 0 aliphatic heterocycles. The fourth-order valence-corrected chi connectivity index (χ4v) is 3.56. The Labute approximate surface area is 179 Å². The molecule has 0 aliphatic rings. The van der Waals surface area contributed by atoms with Gasteiger partial charge >= 0.3 is 0 Å². The summed E-state index contributed by atoms with van der Waals surface area (Å²) >= 11 is 0. The lowest BCUT2D eigenvalue weighted by Gasteiger charge is -2.09. The molecule has 2 rings (SSSR count). The molecule has 0 N–H and O–H groups in total. The van der Waals surface area contributed by atoms with Gasteiger partial charge in [0.25, 0.3) is 0 Å². The number of pyridine rings is 1. The summed E-state index contributed by atoms with van der Waals surface area (Å²) in [6.45, 7) is 7.69. The summed E-state index contributed by atoms with van der Waals surface area (Å²) in [6.07, 6.45) is 16.1. The molecule has 2 nitrogen and oxygen atoms in total. The molecule has 2 heteroatoms. The van der Waals surface area contributed by atoms with Crippen LogP contribution in [0.1, 0.15) is 90.5 Å². The average molecular weight is 396 g/mol. The van der Waals surface area contributed by atoms with Crippen LogP contribution in [0.2, 0.25) is 0 Å². The summed E-state index contributed by atoms with van der Waals surface area (Å²) in [5.74, 6) is 1.82. The molecular formula is C27H41NO. The Morgan fingerprint density at radius 3 is 2.28 bits per heavy atom. The lowest BCUT2D eigenvalue weighted by atomic mass is 10.0. The molecule has 1 unspecified atom stereocenters. The number of aromatic nitrogens is 1. The second kappa shape index (κ2) is 14.2. The summed E-state index contributed by atoms with van der Waals surface area (Å²) in [7, 11) is 0. The van der Waals surface area contributed by atoms with E-state index in [1.165, 1.54) is 63.4 Å². The lowest BCUT2D eigenvalue weighted by Crippen LogP contribution is -1.98. The largest absolute Gasteiger partial charge is 0.494 e. The minimum Gasteiger partial charge on any atom is -0.494 e. The van der Waals surface area contributed by atoms with Crippen molar-refractivity contribution in [3.8, 4) is 17.0 Å². The molecule has 0 radical (unpaired) electrons. The van der Waals surface area contributed by atoms with E-state index in [1.54, 1.807) is 0 Å². The lowest BCUT2D eigenvalue weighted by molar-refractivity contribution is 0.302. The third-order valence-corrected chi connectivity index (χ3v) is 5.85. The predicted molar refractivity (Wildman–Crippen MR) is 126 cm³/mol. The zero-order valence-electron chi connectivity index (χ0n) is 19.0. The van der Waals surface area contributed by atoms with E-state index in [1.807, 2.05) is 6.20 Å². The van der Waals surface area contributed by atoms with Crippen LogP contribution in [0.3, 0.4) is 0 Å². The highest BCUT2D eigenvalue weighted by molar-refractivity contribution is 5.60. The Kier molecular flexibility index (Phi) is 11.5. The zero-order chi connectivity index (χ0) is 20.7. The molecule has 0 amide bonds. The molecule has 0 saturated carbocycles. The Morgan fingerprint density at radius 1 is 0.828 bits per heavy atom. The van der Waals surface area contributed by atoms with E-state index >= 15 is 0 Å². The topological polar surface area (TPSA) is 22.1 Å².